The summed E-state index contributed by atoms with van der Waals surface area (Å²) < 4.78 is 10.8. The van der Waals surface area contributed by atoms with Crippen molar-refractivity contribution in [2.75, 3.05) is 7.11 Å². The maximum absolute atomic E-state index is 11.9. The number of nitrogens with one attached hydrogen (secondary N) is 1. The van der Waals surface area contributed by atoms with Crippen molar-refractivity contribution in [2.45, 2.75) is 38.8 Å². The van der Waals surface area contributed by atoms with Crippen LogP contribution in [0.2, 0.25) is 0 Å². The van der Waals surface area contributed by atoms with Crippen molar-refractivity contribution in [1.82, 2.24) is 5.32 Å². The minimum atomic E-state index is -0.598. The summed E-state index contributed by atoms with van der Waals surface area (Å²) >= 11 is 3.35. The minimum Gasteiger partial charge on any atom is -0.469 e. The van der Waals surface area contributed by atoms with E-state index in [2.05, 4.69) is 26.0 Å². The highest BCUT2D eigenvalue weighted by Gasteiger charge is 2.22. The zero-order valence-electron chi connectivity index (χ0n) is 12.6. The summed E-state index contributed by atoms with van der Waals surface area (Å²) in [4.78, 5) is 23.4. The van der Waals surface area contributed by atoms with E-state index in [1.807, 2.05) is 24.3 Å². The molecule has 0 aliphatic rings. The van der Waals surface area contributed by atoms with Gasteiger partial charge in [-0.1, -0.05) is 28.1 Å². The first-order chi connectivity index (χ1) is 9.71. The molecule has 21 heavy (non-hydrogen) atoms. The average Bonchev–Trinajstić information content (AvgIpc) is 2.36. The molecule has 0 saturated carbocycles. The number of methoxy groups -OCH3 is 1. The van der Waals surface area contributed by atoms with Gasteiger partial charge in [0.2, 0.25) is 0 Å². The molecular weight excluding hydrogens is 338 g/mol. The van der Waals surface area contributed by atoms with Crippen molar-refractivity contribution in [2.24, 2.45) is 0 Å². The van der Waals surface area contributed by atoms with Crippen LogP contribution in [0.25, 0.3) is 0 Å². The maximum Gasteiger partial charge on any atom is 0.408 e. The third-order valence-electron chi connectivity index (χ3n) is 2.56. The van der Waals surface area contributed by atoms with Gasteiger partial charge in [0.05, 0.1) is 19.6 Å². The lowest BCUT2D eigenvalue weighted by molar-refractivity contribution is -0.141. The minimum absolute atomic E-state index is 0.0391. The Bertz CT molecular complexity index is 493. The van der Waals surface area contributed by atoms with Crippen molar-refractivity contribution >= 4 is 28.0 Å². The second-order valence-electron chi connectivity index (χ2n) is 5.53. The molecule has 1 unspecified atom stereocenters. The Morgan fingerprint density at radius 2 is 1.81 bits per heavy atom. The molecule has 1 N–H and O–H groups in total. The highest BCUT2D eigenvalue weighted by atomic mass is 79.9. The SMILES string of the molecule is COC(=O)CC(NC(=O)OC(C)(C)C)c1ccc(Br)cc1. The van der Waals surface area contributed by atoms with E-state index < -0.39 is 23.7 Å². The molecule has 0 bridgehead atoms. The molecule has 0 aromatic heterocycles. The van der Waals surface area contributed by atoms with Gasteiger partial charge in [0, 0.05) is 4.47 Å². The summed E-state index contributed by atoms with van der Waals surface area (Å²) in [7, 11) is 1.31. The third kappa shape index (κ3) is 6.62. The van der Waals surface area contributed by atoms with Crippen LogP contribution in [0.4, 0.5) is 4.79 Å². The molecule has 0 aliphatic carbocycles. The number of hydrogen-bond donors (Lipinski definition) is 1. The van der Waals surface area contributed by atoms with Crippen molar-refractivity contribution in [3.05, 3.63) is 34.3 Å². The molecule has 116 valence electrons. The number of ether oxygens (including phenoxy) is 2. The molecule has 6 heteroatoms. The average molecular weight is 358 g/mol. The first kappa shape index (κ1) is 17.5. The largest absolute Gasteiger partial charge is 0.469 e. The fourth-order valence-electron chi connectivity index (χ4n) is 1.65. The van der Waals surface area contributed by atoms with Gasteiger partial charge < -0.3 is 14.8 Å². The Kier molecular flexibility index (Phi) is 6.20. The van der Waals surface area contributed by atoms with Crippen LogP contribution in [0.5, 0.6) is 0 Å². The first-order valence-electron chi connectivity index (χ1n) is 6.53. The van der Waals surface area contributed by atoms with Crippen LogP contribution < -0.4 is 5.32 Å². The highest BCUT2D eigenvalue weighted by molar-refractivity contribution is 9.10. The lowest BCUT2D eigenvalue weighted by Crippen LogP contribution is -2.35. The molecule has 1 atom stereocenters. The van der Waals surface area contributed by atoms with E-state index in [4.69, 9.17) is 4.74 Å². The number of alkyl carbamates (subject to hydrolysis) is 1. The second kappa shape index (κ2) is 7.45. The van der Waals surface area contributed by atoms with E-state index in [1.54, 1.807) is 20.8 Å². The lowest BCUT2D eigenvalue weighted by Gasteiger charge is -2.23. The predicted octanol–water partition coefficient (Wildman–Crippen LogP) is 3.58. The van der Waals surface area contributed by atoms with Crippen LogP contribution in [0.3, 0.4) is 0 Å². The van der Waals surface area contributed by atoms with Gasteiger partial charge in [0.15, 0.2) is 0 Å². The van der Waals surface area contributed by atoms with E-state index in [0.29, 0.717) is 0 Å². The van der Waals surface area contributed by atoms with Crippen LogP contribution in [0.15, 0.2) is 28.7 Å². The number of hydrogen-bond acceptors (Lipinski definition) is 4. The van der Waals surface area contributed by atoms with Gasteiger partial charge in [-0.05, 0) is 38.5 Å². The van der Waals surface area contributed by atoms with Crippen LogP contribution in [0, 0.1) is 0 Å². The van der Waals surface area contributed by atoms with Crippen LogP contribution in [-0.2, 0) is 14.3 Å². The standard InChI is InChI=1S/C15H20BrNO4/c1-15(2,3)21-14(19)17-12(9-13(18)20-4)10-5-7-11(16)8-6-10/h5-8,12H,9H2,1-4H3,(H,17,19). The maximum atomic E-state index is 11.9. The van der Waals surface area contributed by atoms with E-state index in [1.165, 1.54) is 7.11 Å². The number of carbonyl (C=O) groups is 2. The van der Waals surface area contributed by atoms with Gasteiger partial charge in [-0.15, -0.1) is 0 Å². The van der Waals surface area contributed by atoms with Gasteiger partial charge in [0.25, 0.3) is 0 Å². The van der Waals surface area contributed by atoms with Crippen molar-refractivity contribution in [3.63, 3.8) is 0 Å². The van der Waals surface area contributed by atoms with Gasteiger partial charge in [-0.25, -0.2) is 4.79 Å². The topological polar surface area (TPSA) is 64.6 Å². The van der Waals surface area contributed by atoms with Crippen molar-refractivity contribution in [3.8, 4) is 0 Å². The van der Waals surface area contributed by atoms with Crippen LogP contribution >= 0.6 is 15.9 Å². The number of halogens is 1. The number of benzene rings is 1. The second-order valence-corrected chi connectivity index (χ2v) is 6.45. The van der Waals surface area contributed by atoms with Gasteiger partial charge in [-0.2, -0.15) is 0 Å². The van der Waals surface area contributed by atoms with E-state index in [9.17, 15) is 9.59 Å². The Morgan fingerprint density at radius 3 is 2.29 bits per heavy atom. The summed E-state index contributed by atoms with van der Waals surface area (Å²) in [5.74, 6) is -0.404. The van der Waals surface area contributed by atoms with E-state index >= 15 is 0 Å². The molecule has 1 rings (SSSR count). The molecule has 0 aliphatic heterocycles. The van der Waals surface area contributed by atoms with E-state index in [0.717, 1.165) is 10.0 Å². The smallest absolute Gasteiger partial charge is 0.408 e. The predicted molar refractivity (Wildman–Crippen MR) is 82.9 cm³/mol. The normalized spacial score (nSPS) is 12.4. The summed E-state index contributed by atoms with van der Waals surface area (Å²) in [6.07, 6.45) is -0.531. The fourth-order valence-corrected chi connectivity index (χ4v) is 1.91. The Hall–Kier alpha value is -1.56. The summed E-state index contributed by atoms with van der Waals surface area (Å²) in [6.45, 7) is 5.34. The molecule has 0 radical (unpaired) electrons. The zero-order valence-corrected chi connectivity index (χ0v) is 14.2. The Labute approximate surface area is 133 Å². The number of carbonyl (C=O) groups excluding carboxylic acids is 2. The first-order valence-corrected chi connectivity index (χ1v) is 7.32. The van der Waals surface area contributed by atoms with Crippen molar-refractivity contribution < 1.29 is 19.1 Å². The van der Waals surface area contributed by atoms with E-state index in [-0.39, 0.29) is 6.42 Å². The number of amides is 1. The third-order valence-corrected chi connectivity index (χ3v) is 3.09. The summed E-state index contributed by atoms with van der Waals surface area (Å²) in [6, 6.07) is 6.84. The van der Waals surface area contributed by atoms with Gasteiger partial charge in [0.1, 0.15) is 5.60 Å². The summed E-state index contributed by atoms with van der Waals surface area (Å²) in [5.41, 5.74) is 0.203. The molecule has 0 fully saturated rings. The van der Waals surface area contributed by atoms with Crippen molar-refractivity contribution in [1.29, 1.82) is 0 Å². The van der Waals surface area contributed by atoms with Crippen LogP contribution in [-0.4, -0.2) is 24.8 Å². The van der Waals surface area contributed by atoms with Gasteiger partial charge in [-0.3, -0.25) is 4.79 Å². The molecular formula is C15H20BrNO4. The lowest BCUT2D eigenvalue weighted by atomic mass is 10.0. The number of esters is 1. The summed E-state index contributed by atoms with van der Waals surface area (Å²) in [5, 5.41) is 2.70. The van der Waals surface area contributed by atoms with Crippen LogP contribution in [0.1, 0.15) is 38.8 Å². The highest BCUT2D eigenvalue weighted by Crippen LogP contribution is 2.21. The Balaban J connectivity index is 2.84. The zero-order chi connectivity index (χ0) is 16.0. The molecule has 0 saturated heterocycles. The molecule has 5 nitrogen and oxygen atoms in total. The quantitative estimate of drug-likeness (QED) is 0.836. The molecule has 1 aromatic rings. The monoisotopic (exact) mass is 357 g/mol. The van der Waals surface area contributed by atoms with Gasteiger partial charge >= 0.3 is 12.1 Å². The molecule has 1 aromatic carbocycles. The molecule has 0 heterocycles. The fraction of sp³-hybridized carbons (Fsp3) is 0.467. The molecule has 0 spiro atoms. The molecule has 1 amide bonds. The number of rotatable bonds is 4. The Morgan fingerprint density at radius 1 is 1.24 bits per heavy atom.